The lowest BCUT2D eigenvalue weighted by Gasteiger charge is -2.24. The maximum Gasteiger partial charge on any atom is 0.326 e. The number of urea groups is 1. The molecule has 6 heteroatoms. The van der Waals surface area contributed by atoms with Gasteiger partial charge in [0.1, 0.15) is 6.04 Å². The van der Waals surface area contributed by atoms with E-state index < -0.39 is 18.0 Å². The summed E-state index contributed by atoms with van der Waals surface area (Å²) >= 11 is 0. The summed E-state index contributed by atoms with van der Waals surface area (Å²) in [5, 5.41) is 14.3. The number of hydrogen-bond donors (Lipinski definition) is 3. The van der Waals surface area contributed by atoms with Gasteiger partial charge in [-0.2, -0.15) is 0 Å². The highest BCUT2D eigenvalue weighted by Crippen LogP contribution is 2.43. The van der Waals surface area contributed by atoms with E-state index in [1.54, 1.807) is 13.8 Å². The summed E-state index contributed by atoms with van der Waals surface area (Å²) in [5.74, 6) is -1.17. The van der Waals surface area contributed by atoms with Crippen LogP contribution in [0.1, 0.15) is 52.4 Å². The molecule has 1 aliphatic heterocycles. The fourth-order valence-corrected chi connectivity index (χ4v) is 3.34. The van der Waals surface area contributed by atoms with Crippen molar-refractivity contribution in [3.63, 3.8) is 0 Å². The van der Waals surface area contributed by atoms with E-state index in [0.29, 0.717) is 6.54 Å². The number of carbonyl (C=O) groups is 2. The number of carboxylic acid groups (broad SMARTS) is 1. The average Bonchev–Trinajstić information content (AvgIpc) is 3.04. The van der Waals surface area contributed by atoms with Crippen LogP contribution in [0, 0.1) is 5.92 Å². The molecule has 2 amide bonds. The van der Waals surface area contributed by atoms with Gasteiger partial charge in [0, 0.05) is 6.54 Å². The first-order valence-electron chi connectivity index (χ1n) is 7.87. The molecule has 1 aliphatic carbocycles. The number of hydrogen-bond acceptors (Lipinski definition) is 3. The molecule has 2 unspecified atom stereocenters. The van der Waals surface area contributed by atoms with Gasteiger partial charge in [-0.15, -0.1) is 0 Å². The van der Waals surface area contributed by atoms with Crippen LogP contribution in [0.3, 0.4) is 0 Å². The SMILES string of the molecule is CC(C)C(NC(=O)NCC1CCC2(CCCC2)O1)C(=O)O. The zero-order valence-corrected chi connectivity index (χ0v) is 12.9. The van der Waals surface area contributed by atoms with Crippen molar-refractivity contribution in [3.05, 3.63) is 0 Å². The molecule has 21 heavy (non-hydrogen) atoms. The predicted octanol–water partition coefficient (Wildman–Crippen LogP) is 1.89. The summed E-state index contributed by atoms with van der Waals surface area (Å²) in [6.45, 7) is 3.98. The van der Waals surface area contributed by atoms with Crippen molar-refractivity contribution >= 4 is 12.0 Å². The molecule has 120 valence electrons. The second-order valence-electron chi connectivity index (χ2n) is 6.58. The first kappa shape index (κ1) is 16.1. The Hall–Kier alpha value is -1.30. The van der Waals surface area contributed by atoms with Crippen molar-refractivity contribution in [3.8, 4) is 0 Å². The summed E-state index contributed by atoms with van der Waals surface area (Å²) in [7, 11) is 0. The number of carboxylic acids is 1. The number of carbonyl (C=O) groups excluding carboxylic acids is 1. The molecule has 2 rings (SSSR count). The van der Waals surface area contributed by atoms with Crippen LogP contribution in [0.2, 0.25) is 0 Å². The third-order valence-corrected chi connectivity index (χ3v) is 4.56. The molecule has 1 heterocycles. The van der Waals surface area contributed by atoms with E-state index in [4.69, 9.17) is 9.84 Å². The van der Waals surface area contributed by atoms with Crippen LogP contribution in [0.25, 0.3) is 0 Å². The van der Waals surface area contributed by atoms with Gasteiger partial charge >= 0.3 is 12.0 Å². The molecule has 2 atom stereocenters. The molecule has 0 radical (unpaired) electrons. The Morgan fingerprint density at radius 2 is 1.95 bits per heavy atom. The van der Waals surface area contributed by atoms with Crippen molar-refractivity contribution < 1.29 is 19.4 Å². The van der Waals surface area contributed by atoms with E-state index >= 15 is 0 Å². The van der Waals surface area contributed by atoms with Gasteiger partial charge in [-0.1, -0.05) is 26.7 Å². The Bertz CT molecular complexity index is 391. The molecule has 0 bridgehead atoms. The Morgan fingerprint density at radius 1 is 1.29 bits per heavy atom. The minimum absolute atomic E-state index is 0.0520. The minimum atomic E-state index is -1.01. The fourth-order valence-electron chi connectivity index (χ4n) is 3.34. The molecular weight excluding hydrogens is 272 g/mol. The fraction of sp³-hybridized carbons (Fsp3) is 0.867. The van der Waals surface area contributed by atoms with Crippen molar-refractivity contribution in [1.82, 2.24) is 10.6 Å². The van der Waals surface area contributed by atoms with Crippen LogP contribution in [0.15, 0.2) is 0 Å². The summed E-state index contributed by atoms with van der Waals surface area (Å²) in [5.41, 5.74) is 0.0599. The first-order valence-corrected chi connectivity index (χ1v) is 7.87. The van der Waals surface area contributed by atoms with E-state index in [1.807, 2.05) is 0 Å². The summed E-state index contributed by atoms with van der Waals surface area (Å²) in [6.07, 6.45) is 6.81. The number of nitrogens with one attached hydrogen (secondary N) is 2. The second-order valence-corrected chi connectivity index (χ2v) is 6.58. The van der Waals surface area contributed by atoms with E-state index in [9.17, 15) is 9.59 Å². The van der Waals surface area contributed by atoms with Crippen LogP contribution < -0.4 is 10.6 Å². The summed E-state index contributed by atoms with van der Waals surface area (Å²) < 4.78 is 6.10. The van der Waals surface area contributed by atoms with Crippen LogP contribution in [0.4, 0.5) is 4.79 Å². The molecule has 6 nitrogen and oxygen atoms in total. The zero-order valence-electron chi connectivity index (χ0n) is 12.9. The molecule has 3 N–H and O–H groups in total. The van der Waals surface area contributed by atoms with Crippen molar-refractivity contribution in [2.75, 3.05) is 6.54 Å². The molecule has 1 saturated carbocycles. The third kappa shape index (κ3) is 4.09. The highest BCUT2D eigenvalue weighted by atomic mass is 16.5. The van der Waals surface area contributed by atoms with E-state index in [1.165, 1.54) is 12.8 Å². The van der Waals surface area contributed by atoms with Crippen LogP contribution in [0.5, 0.6) is 0 Å². The molecule has 0 aromatic heterocycles. The smallest absolute Gasteiger partial charge is 0.326 e. The molecule has 1 spiro atoms. The Morgan fingerprint density at radius 3 is 2.52 bits per heavy atom. The van der Waals surface area contributed by atoms with Crippen molar-refractivity contribution in [1.29, 1.82) is 0 Å². The van der Waals surface area contributed by atoms with Crippen LogP contribution in [-0.4, -0.2) is 41.4 Å². The molecule has 2 fully saturated rings. The topological polar surface area (TPSA) is 87.7 Å². The van der Waals surface area contributed by atoms with E-state index in [2.05, 4.69) is 10.6 Å². The summed E-state index contributed by atoms with van der Waals surface area (Å²) in [6, 6.07) is -1.30. The first-order chi connectivity index (χ1) is 9.92. The number of amides is 2. The Labute approximate surface area is 125 Å². The number of rotatable bonds is 5. The normalized spacial score (nSPS) is 25.2. The van der Waals surface area contributed by atoms with Crippen molar-refractivity contribution in [2.45, 2.75) is 70.1 Å². The van der Waals surface area contributed by atoms with Gasteiger partial charge in [-0.05, 0) is 31.6 Å². The van der Waals surface area contributed by atoms with Gasteiger partial charge in [-0.3, -0.25) is 0 Å². The standard InChI is InChI=1S/C15H26N2O4/c1-10(2)12(13(18)19)17-14(20)16-9-11-5-8-15(21-11)6-3-4-7-15/h10-12H,3-9H2,1-2H3,(H,18,19)(H2,16,17,20). The van der Waals surface area contributed by atoms with E-state index in [0.717, 1.165) is 25.7 Å². The van der Waals surface area contributed by atoms with Gasteiger partial charge in [0.2, 0.25) is 0 Å². The maximum absolute atomic E-state index is 11.8. The Kier molecular flexibility index (Phi) is 5.08. The monoisotopic (exact) mass is 298 g/mol. The van der Waals surface area contributed by atoms with E-state index in [-0.39, 0.29) is 17.6 Å². The third-order valence-electron chi connectivity index (χ3n) is 4.56. The molecule has 2 aliphatic rings. The number of ether oxygens (including phenoxy) is 1. The highest BCUT2D eigenvalue weighted by molar-refractivity contribution is 5.82. The lowest BCUT2D eigenvalue weighted by atomic mass is 9.98. The maximum atomic E-state index is 11.8. The second kappa shape index (κ2) is 6.64. The van der Waals surface area contributed by atoms with Gasteiger partial charge in [-0.25, -0.2) is 9.59 Å². The number of aliphatic carboxylic acids is 1. The zero-order chi connectivity index (χ0) is 15.5. The minimum Gasteiger partial charge on any atom is -0.480 e. The van der Waals surface area contributed by atoms with Gasteiger partial charge < -0.3 is 20.5 Å². The largest absolute Gasteiger partial charge is 0.480 e. The van der Waals surface area contributed by atoms with Gasteiger partial charge in [0.15, 0.2) is 0 Å². The van der Waals surface area contributed by atoms with Crippen LogP contribution >= 0.6 is 0 Å². The lowest BCUT2D eigenvalue weighted by molar-refractivity contribution is -0.140. The lowest BCUT2D eigenvalue weighted by Crippen LogP contribution is -2.50. The molecular formula is C15H26N2O4. The molecule has 0 aromatic rings. The van der Waals surface area contributed by atoms with Crippen LogP contribution in [-0.2, 0) is 9.53 Å². The predicted molar refractivity (Wildman–Crippen MR) is 78.1 cm³/mol. The van der Waals surface area contributed by atoms with Gasteiger partial charge in [0.05, 0.1) is 11.7 Å². The van der Waals surface area contributed by atoms with Crippen molar-refractivity contribution in [2.24, 2.45) is 5.92 Å². The van der Waals surface area contributed by atoms with Gasteiger partial charge in [0.25, 0.3) is 0 Å². The quantitative estimate of drug-likeness (QED) is 0.723. The molecule has 0 aromatic carbocycles. The summed E-state index contributed by atoms with van der Waals surface area (Å²) in [4.78, 5) is 22.8. The Balaban J connectivity index is 1.73. The highest BCUT2D eigenvalue weighted by Gasteiger charge is 2.42. The average molecular weight is 298 g/mol. The molecule has 1 saturated heterocycles.